The molecule has 0 saturated heterocycles. The Kier molecular flexibility index (Phi) is 5.62. The summed E-state index contributed by atoms with van der Waals surface area (Å²) in [5, 5.41) is 5.00. The molecule has 0 amide bonds. The molecule has 118 valence electrons. The van der Waals surface area contributed by atoms with Gasteiger partial charge in [-0.2, -0.15) is 0 Å². The molecule has 3 heteroatoms. The molecule has 0 aliphatic heterocycles. The lowest BCUT2D eigenvalue weighted by atomic mass is 9.63. The van der Waals surface area contributed by atoms with Crippen molar-refractivity contribution in [1.29, 1.82) is 0 Å². The second-order valence-electron chi connectivity index (χ2n) is 7.04. The van der Waals surface area contributed by atoms with Crippen molar-refractivity contribution in [2.45, 2.75) is 58.4 Å². The van der Waals surface area contributed by atoms with E-state index in [1.54, 1.807) is 0 Å². The largest absolute Gasteiger partial charge is 0.314 e. The van der Waals surface area contributed by atoms with E-state index in [4.69, 9.17) is 23.2 Å². The van der Waals surface area contributed by atoms with E-state index in [1.807, 2.05) is 12.1 Å². The third-order valence-corrected chi connectivity index (χ3v) is 5.91. The van der Waals surface area contributed by atoms with E-state index >= 15 is 0 Å². The maximum Gasteiger partial charge on any atom is 0.0595 e. The van der Waals surface area contributed by atoms with Crippen molar-refractivity contribution >= 4 is 23.2 Å². The van der Waals surface area contributed by atoms with Crippen LogP contribution in [-0.2, 0) is 5.41 Å². The quantitative estimate of drug-likeness (QED) is 0.749. The maximum atomic E-state index is 6.23. The van der Waals surface area contributed by atoms with Gasteiger partial charge in [0.05, 0.1) is 10.0 Å². The molecule has 0 heterocycles. The Morgan fingerprint density at radius 1 is 1.19 bits per heavy atom. The number of hydrogen-bond donors (Lipinski definition) is 1. The molecule has 21 heavy (non-hydrogen) atoms. The lowest BCUT2D eigenvalue weighted by molar-refractivity contribution is 0.147. The Bertz CT molecular complexity index is 484. The molecule has 0 radical (unpaired) electrons. The highest BCUT2D eigenvalue weighted by Gasteiger charge is 2.39. The summed E-state index contributed by atoms with van der Waals surface area (Å²) in [6.45, 7) is 10.3. The molecule has 1 aliphatic carbocycles. The van der Waals surface area contributed by atoms with Crippen molar-refractivity contribution in [3.8, 4) is 0 Å². The third kappa shape index (κ3) is 3.75. The van der Waals surface area contributed by atoms with Gasteiger partial charge in [0.25, 0.3) is 0 Å². The Hall–Kier alpha value is -0.240. The lowest BCUT2D eigenvalue weighted by Gasteiger charge is -2.45. The van der Waals surface area contributed by atoms with Crippen molar-refractivity contribution in [1.82, 2.24) is 5.32 Å². The Balaban J connectivity index is 2.29. The summed E-state index contributed by atoms with van der Waals surface area (Å²) in [6, 6.07) is 6.69. The highest BCUT2D eigenvalue weighted by Crippen LogP contribution is 2.43. The number of nitrogens with one attached hydrogen (secondary N) is 1. The second kappa shape index (κ2) is 6.89. The summed E-state index contributed by atoms with van der Waals surface area (Å²) in [6.07, 6.45) is 3.85. The van der Waals surface area contributed by atoms with Gasteiger partial charge in [-0.3, -0.25) is 0 Å². The van der Waals surface area contributed by atoms with Crippen molar-refractivity contribution in [2.24, 2.45) is 11.8 Å². The summed E-state index contributed by atoms with van der Waals surface area (Å²) >= 11 is 12.3. The van der Waals surface area contributed by atoms with Crippen LogP contribution < -0.4 is 5.32 Å². The lowest BCUT2D eigenvalue weighted by Crippen LogP contribution is -2.48. The Labute approximate surface area is 139 Å². The molecule has 1 N–H and O–H groups in total. The molecule has 0 aromatic heterocycles. The molecule has 1 fully saturated rings. The smallest absolute Gasteiger partial charge is 0.0595 e. The topological polar surface area (TPSA) is 12.0 Å². The van der Waals surface area contributed by atoms with Crippen molar-refractivity contribution < 1.29 is 0 Å². The molecule has 3 unspecified atom stereocenters. The van der Waals surface area contributed by atoms with Crippen molar-refractivity contribution in [2.75, 3.05) is 6.54 Å². The fourth-order valence-electron chi connectivity index (χ4n) is 3.84. The molecule has 1 aromatic carbocycles. The minimum Gasteiger partial charge on any atom is -0.314 e. The molecule has 1 aliphatic rings. The first-order valence-corrected chi connectivity index (χ1v) is 8.80. The normalized spacial score (nSPS) is 26.9. The summed E-state index contributed by atoms with van der Waals surface area (Å²) in [5.74, 6) is 1.45. The van der Waals surface area contributed by atoms with Crippen LogP contribution in [0.15, 0.2) is 18.2 Å². The van der Waals surface area contributed by atoms with Crippen molar-refractivity contribution in [3.05, 3.63) is 33.8 Å². The van der Waals surface area contributed by atoms with Gasteiger partial charge in [0, 0.05) is 6.04 Å². The maximum absolute atomic E-state index is 6.23. The van der Waals surface area contributed by atoms with E-state index in [2.05, 4.69) is 39.1 Å². The van der Waals surface area contributed by atoms with Gasteiger partial charge in [-0.1, -0.05) is 63.4 Å². The van der Waals surface area contributed by atoms with E-state index in [9.17, 15) is 0 Å². The fraction of sp³-hybridized carbons (Fsp3) is 0.667. The Morgan fingerprint density at radius 2 is 1.90 bits per heavy atom. The highest BCUT2D eigenvalue weighted by atomic mass is 35.5. The zero-order chi connectivity index (χ0) is 15.6. The van der Waals surface area contributed by atoms with Crippen LogP contribution in [0.3, 0.4) is 0 Å². The first-order valence-electron chi connectivity index (χ1n) is 8.05. The van der Waals surface area contributed by atoms with Crippen LogP contribution in [0.25, 0.3) is 0 Å². The van der Waals surface area contributed by atoms with Crippen LogP contribution >= 0.6 is 23.2 Å². The average Bonchev–Trinajstić information content (AvgIpc) is 2.42. The van der Waals surface area contributed by atoms with Crippen LogP contribution in [0.1, 0.15) is 52.5 Å². The first kappa shape index (κ1) is 17.1. The van der Waals surface area contributed by atoms with E-state index in [0.29, 0.717) is 22.0 Å². The Morgan fingerprint density at radius 3 is 2.52 bits per heavy atom. The van der Waals surface area contributed by atoms with Gasteiger partial charge in [-0.15, -0.1) is 0 Å². The number of hydrogen-bond acceptors (Lipinski definition) is 1. The SMILES string of the molecule is CCNC1CC(C)CCC1C(C)(C)c1ccc(Cl)c(Cl)c1. The summed E-state index contributed by atoms with van der Waals surface area (Å²) in [7, 11) is 0. The van der Waals surface area contributed by atoms with E-state index < -0.39 is 0 Å². The molecule has 1 nitrogen and oxygen atoms in total. The average molecular weight is 328 g/mol. The fourth-order valence-corrected chi connectivity index (χ4v) is 4.14. The van der Waals surface area contributed by atoms with Gasteiger partial charge >= 0.3 is 0 Å². The van der Waals surface area contributed by atoms with Gasteiger partial charge < -0.3 is 5.32 Å². The molecule has 0 bridgehead atoms. The second-order valence-corrected chi connectivity index (χ2v) is 7.85. The van der Waals surface area contributed by atoms with E-state index in [-0.39, 0.29) is 5.41 Å². The molecule has 2 rings (SSSR count). The van der Waals surface area contributed by atoms with Crippen molar-refractivity contribution in [3.63, 3.8) is 0 Å². The van der Waals surface area contributed by atoms with Crippen LogP contribution in [0.4, 0.5) is 0 Å². The van der Waals surface area contributed by atoms with Gasteiger partial charge in [-0.05, 0) is 54.3 Å². The number of rotatable bonds is 4. The van der Waals surface area contributed by atoms with Gasteiger partial charge in [0.15, 0.2) is 0 Å². The minimum absolute atomic E-state index is 0.0984. The van der Waals surface area contributed by atoms with Gasteiger partial charge in [0.2, 0.25) is 0 Å². The zero-order valence-corrected chi connectivity index (χ0v) is 15.1. The van der Waals surface area contributed by atoms with Gasteiger partial charge in [0.1, 0.15) is 0 Å². The van der Waals surface area contributed by atoms with Crippen LogP contribution in [0.2, 0.25) is 10.0 Å². The molecule has 0 spiro atoms. The van der Waals surface area contributed by atoms with Gasteiger partial charge in [-0.25, -0.2) is 0 Å². The predicted molar refractivity (Wildman–Crippen MR) is 93.5 cm³/mol. The molecular weight excluding hydrogens is 301 g/mol. The van der Waals surface area contributed by atoms with Crippen LogP contribution in [-0.4, -0.2) is 12.6 Å². The molecule has 3 atom stereocenters. The summed E-state index contributed by atoms with van der Waals surface area (Å²) in [5.41, 5.74) is 1.39. The van der Waals surface area contributed by atoms with Crippen LogP contribution in [0.5, 0.6) is 0 Å². The molecular formula is C18H27Cl2N. The number of halogens is 2. The van der Waals surface area contributed by atoms with E-state index in [1.165, 1.54) is 24.8 Å². The number of benzene rings is 1. The van der Waals surface area contributed by atoms with Crippen LogP contribution in [0, 0.1) is 11.8 Å². The monoisotopic (exact) mass is 327 g/mol. The predicted octanol–water partition coefficient (Wildman–Crippen LogP) is 5.69. The molecule has 1 saturated carbocycles. The summed E-state index contributed by atoms with van der Waals surface area (Å²) < 4.78 is 0. The third-order valence-electron chi connectivity index (χ3n) is 5.17. The first-order chi connectivity index (χ1) is 9.86. The molecule has 1 aromatic rings. The highest BCUT2D eigenvalue weighted by molar-refractivity contribution is 6.42. The zero-order valence-electron chi connectivity index (χ0n) is 13.5. The van der Waals surface area contributed by atoms with E-state index in [0.717, 1.165) is 12.5 Å². The standard InChI is InChI=1S/C18H27Cl2N/c1-5-21-17-10-12(2)6-8-14(17)18(3,4)13-7-9-15(19)16(20)11-13/h7,9,11-12,14,17,21H,5-6,8,10H2,1-4H3. The minimum atomic E-state index is 0.0984. The summed E-state index contributed by atoms with van der Waals surface area (Å²) in [4.78, 5) is 0.